The molecular formula is C13H12Cl2N2O2+. The molecule has 1 radical (unpaired) electrons. The summed E-state index contributed by atoms with van der Waals surface area (Å²) in [4.78, 5) is 17.1. The molecule has 0 amide bonds. The van der Waals surface area contributed by atoms with Gasteiger partial charge in [0.15, 0.2) is 5.70 Å². The summed E-state index contributed by atoms with van der Waals surface area (Å²) >= 11 is 0. The van der Waals surface area contributed by atoms with Crippen molar-refractivity contribution in [1.82, 2.24) is 4.90 Å². The lowest BCUT2D eigenvalue weighted by atomic mass is 10.0. The van der Waals surface area contributed by atoms with Crippen molar-refractivity contribution in [2.24, 2.45) is 4.99 Å². The Hall–Kier alpha value is -1.62. The van der Waals surface area contributed by atoms with Crippen molar-refractivity contribution >= 4 is 42.8 Å². The number of nitrogens with zero attached hydrogens (tertiary/aromatic N) is 2. The summed E-state index contributed by atoms with van der Waals surface area (Å²) in [5, 5.41) is 9.34. The first kappa shape index (κ1) is 15.4. The number of hydrogen-bond acceptors (Lipinski definition) is 3. The molecule has 19 heavy (non-hydrogen) atoms. The number of allylic oxidation sites excluding steroid dienone is 2. The quantitative estimate of drug-likeness (QED) is 0.811. The third kappa shape index (κ3) is 2.42. The van der Waals surface area contributed by atoms with Crippen LogP contribution in [-0.4, -0.2) is 17.4 Å². The summed E-state index contributed by atoms with van der Waals surface area (Å²) in [5.41, 5.74) is 2.65. The molecule has 99 valence electrons. The normalized spacial score (nSPS) is 19.4. The fraction of sp³-hybridized carbons (Fsp3) is 0.0769. The molecule has 0 aromatic heterocycles. The number of rotatable bonds is 1. The Morgan fingerprint density at radius 3 is 2.74 bits per heavy atom. The monoisotopic (exact) mass is 298 g/mol. The van der Waals surface area contributed by atoms with Crippen LogP contribution in [0.4, 0.5) is 0 Å². The Balaban J connectivity index is 0.000000902. The molecule has 0 saturated carbocycles. The van der Waals surface area contributed by atoms with Gasteiger partial charge in [-0.2, -0.15) is 0 Å². The van der Waals surface area contributed by atoms with E-state index >= 15 is 0 Å². The van der Waals surface area contributed by atoms with Crippen molar-refractivity contribution in [3.05, 3.63) is 53.7 Å². The summed E-state index contributed by atoms with van der Waals surface area (Å²) in [6.07, 6.45) is 6.91. The van der Waals surface area contributed by atoms with E-state index in [-0.39, 0.29) is 24.8 Å². The molecule has 2 heterocycles. The molecule has 0 fully saturated rings. The number of fused-ring (bicyclic) bond motifs is 3. The van der Waals surface area contributed by atoms with Crippen LogP contribution >= 0.6 is 24.8 Å². The minimum Gasteiger partial charge on any atom is -0.476 e. The van der Waals surface area contributed by atoms with Crippen molar-refractivity contribution in [2.75, 3.05) is 0 Å². The number of aliphatic carboxylic acids is 1. The zero-order chi connectivity index (χ0) is 11.8. The van der Waals surface area contributed by atoms with Crippen LogP contribution in [-0.2, 0) is 4.79 Å². The van der Waals surface area contributed by atoms with Gasteiger partial charge in [-0.3, -0.25) is 0 Å². The van der Waals surface area contributed by atoms with E-state index in [1.807, 2.05) is 36.4 Å². The number of halogens is 2. The van der Waals surface area contributed by atoms with Crippen LogP contribution in [0.25, 0.3) is 5.70 Å². The Labute approximate surface area is 123 Å². The molecule has 4 nitrogen and oxygen atoms in total. The van der Waals surface area contributed by atoms with Gasteiger partial charge < -0.3 is 5.11 Å². The second-order valence-electron chi connectivity index (χ2n) is 3.89. The zero-order valence-electron chi connectivity index (χ0n) is 9.76. The zero-order valence-corrected chi connectivity index (χ0v) is 11.4. The van der Waals surface area contributed by atoms with Crippen LogP contribution in [0.5, 0.6) is 0 Å². The van der Waals surface area contributed by atoms with Crippen molar-refractivity contribution in [2.45, 2.75) is 6.04 Å². The van der Waals surface area contributed by atoms with Gasteiger partial charge in [0.1, 0.15) is 0 Å². The number of benzene rings is 1. The third-order valence-electron chi connectivity index (χ3n) is 2.94. The van der Waals surface area contributed by atoms with Crippen LogP contribution in [0.1, 0.15) is 17.2 Å². The minimum atomic E-state index is -0.866. The van der Waals surface area contributed by atoms with E-state index in [0.29, 0.717) is 0 Å². The predicted octanol–water partition coefficient (Wildman–Crippen LogP) is 2.71. The van der Waals surface area contributed by atoms with E-state index in [2.05, 4.69) is 4.99 Å². The summed E-state index contributed by atoms with van der Waals surface area (Å²) in [6.45, 7) is 0. The Kier molecular flexibility index (Phi) is 4.89. The van der Waals surface area contributed by atoms with E-state index in [1.165, 1.54) is 0 Å². The summed E-state index contributed by atoms with van der Waals surface area (Å²) < 4.78 is 0. The highest BCUT2D eigenvalue weighted by Gasteiger charge is 2.48. The lowest BCUT2D eigenvalue weighted by Gasteiger charge is -2.05. The average Bonchev–Trinajstić information content (AvgIpc) is 2.48. The first-order valence-electron chi connectivity index (χ1n) is 5.29. The summed E-state index contributed by atoms with van der Waals surface area (Å²) in [5.74, 6) is -0.866. The average molecular weight is 299 g/mol. The largest absolute Gasteiger partial charge is 0.476 e. The van der Waals surface area contributed by atoms with Crippen LogP contribution < -0.4 is 4.90 Å². The second kappa shape index (κ2) is 6.02. The first-order chi connectivity index (χ1) is 8.29. The maximum absolute atomic E-state index is 11.4. The van der Waals surface area contributed by atoms with Gasteiger partial charge >= 0.3 is 5.97 Å². The topological polar surface area (TPSA) is 55.6 Å². The Morgan fingerprint density at radius 1 is 1.26 bits per heavy atom. The molecule has 1 atom stereocenters. The molecule has 1 N–H and O–H groups in total. The maximum atomic E-state index is 11.4. The van der Waals surface area contributed by atoms with Gasteiger partial charge in [-0.15, -0.1) is 24.8 Å². The van der Waals surface area contributed by atoms with Gasteiger partial charge in [0.2, 0.25) is 6.34 Å². The van der Waals surface area contributed by atoms with Crippen LogP contribution in [0.2, 0.25) is 0 Å². The van der Waals surface area contributed by atoms with Crippen LogP contribution in [0, 0.1) is 0 Å². The standard InChI is InChI=1S/C13H10N2O2.2ClH/c16-13(17)12-10-5-2-1-4-9(10)11-6-3-7-14-8-15(11)12;;/h1-8,12H,(H,16,17);2*1H/q+1;;. The smallest absolute Gasteiger partial charge is 0.373 e. The maximum Gasteiger partial charge on any atom is 0.373 e. The SMILES string of the molecule is Cl.Cl.O=C(O)C1c2ccccc2C2=CC=CN=C[N+]21. The molecule has 2 aliphatic heterocycles. The van der Waals surface area contributed by atoms with Gasteiger partial charge in [-0.25, -0.2) is 9.79 Å². The van der Waals surface area contributed by atoms with Crippen molar-refractivity contribution < 1.29 is 9.90 Å². The van der Waals surface area contributed by atoms with E-state index < -0.39 is 12.0 Å². The number of carbonyl (C=O) groups is 1. The highest BCUT2D eigenvalue weighted by atomic mass is 35.5. The van der Waals surface area contributed by atoms with E-state index in [1.54, 1.807) is 17.4 Å². The highest BCUT2D eigenvalue weighted by molar-refractivity contribution is 5.95. The summed E-state index contributed by atoms with van der Waals surface area (Å²) in [7, 11) is 0. The lowest BCUT2D eigenvalue weighted by molar-refractivity contribution is -0.139. The fourth-order valence-electron chi connectivity index (χ4n) is 2.25. The Bertz CT molecular complexity index is 582. The third-order valence-corrected chi connectivity index (χ3v) is 2.94. The molecule has 0 saturated heterocycles. The van der Waals surface area contributed by atoms with E-state index in [0.717, 1.165) is 16.8 Å². The summed E-state index contributed by atoms with van der Waals surface area (Å²) in [6, 6.07) is 6.87. The second-order valence-corrected chi connectivity index (χ2v) is 3.89. The number of hydrogen-bond donors (Lipinski definition) is 1. The van der Waals surface area contributed by atoms with Crippen LogP contribution in [0.3, 0.4) is 0 Å². The molecule has 3 rings (SSSR count). The van der Waals surface area contributed by atoms with Gasteiger partial charge in [-0.1, -0.05) is 23.1 Å². The van der Waals surface area contributed by atoms with E-state index in [4.69, 9.17) is 0 Å². The molecule has 0 spiro atoms. The Morgan fingerprint density at radius 2 is 2.00 bits per heavy atom. The lowest BCUT2D eigenvalue weighted by Crippen LogP contribution is -2.31. The van der Waals surface area contributed by atoms with E-state index in [9.17, 15) is 9.90 Å². The molecule has 1 aromatic rings. The van der Waals surface area contributed by atoms with Crippen molar-refractivity contribution in [3.63, 3.8) is 0 Å². The molecule has 0 aliphatic carbocycles. The van der Waals surface area contributed by atoms with Crippen LogP contribution in [0.15, 0.2) is 47.6 Å². The molecule has 2 aliphatic rings. The number of carboxylic acids is 1. The first-order valence-corrected chi connectivity index (χ1v) is 5.29. The van der Waals surface area contributed by atoms with Crippen molar-refractivity contribution in [3.8, 4) is 0 Å². The molecule has 6 heteroatoms. The molecule has 0 bridgehead atoms. The molecule has 1 aromatic carbocycles. The molecular weight excluding hydrogens is 287 g/mol. The number of aliphatic imine (C=N–C) groups is 1. The van der Waals surface area contributed by atoms with Gasteiger partial charge in [-0.05, 0) is 12.1 Å². The predicted molar refractivity (Wildman–Crippen MR) is 79.1 cm³/mol. The number of carboxylic acid groups (broad SMARTS) is 1. The van der Waals surface area contributed by atoms with Gasteiger partial charge in [0.25, 0.3) is 6.04 Å². The highest BCUT2D eigenvalue weighted by Crippen LogP contribution is 2.38. The molecule has 1 unspecified atom stereocenters. The van der Waals surface area contributed by atoms with Crippen molar-refractivity contribution in [1.29, 1.82) is 0 Å². The van der Waals surface area contributed by atoms with Gasteiger partial charge in [0, 0.05) is 17.8 Å². The fourth-order valence-corrected chi connectivity index (χ4v) is 2.25. The van der Waals surface area contributed by atoms with Gasteiger partial charge in [0.05, 0.1) is 5.56 Å². The minimum absolute atomic E-state index is 0.